The van der Waals surface area contributed by atoms with E-state index in [9.17, 15) is 18.0 Å². The second kappa shape index (κ2) is 13.4. The van der Waals surface area contributed by atoms with E-state index in [1.807, 2.05) is 81.6 Å². The fraction of sp³-hybridized carbons (Fsp3) is 0.237. The highest BCUT2D eigenvalue weighted by Gasteiger charge is 2.27. The zero-order chi connectivity index (χ0) is 35.9. The van der Waals surface area contributed by atoms with E-state index in [1.165, 1.54) is 17.6 Å². The smallest absolute Gasteiger partial charge is 0.358 e. The third kappa shape index (κ3) is 7.54. The number of thiazole rings is 1. The summed E-state index contributed by atoms with van der Waals surface area (Å²) in [5.41, 5.74) is 4.93. The van der Waals surface area contributed by atoms with Crippen molar-refractivity contribution in [2.24, 2.45) is 0 Å². The summed E-state index contributed by atoms with van der Waals surface area (Å²) in [4.78, 5) is 39.0. The SMILES string of the molecule is CC(C)(C)OC(=O)c1nc(N2CCc3cccc(C(=O)Nc4nc5ccccc5s4)c3C2)ccc1-c1cnn(Cc2ccc(S(C)(=O)=O)cc2)c1. The number of carbonyl (C=O) groups is 2. The Kier molecular flexibility index (Phi) is 8.94. The van der Waals surface area contributed by atoms with Crippen LogP contribution in [0.2, 0.25) is 0 Å². The molecule has 0 aliphatic carbocycles. The van der Waals surface area contributed by atoms with Crippen molar-refractivity contribution in [3.63, 3.8) is 0 Å². The van der Waals surface area contributed by atoms with Crippen molar-refractivity contribution in [1.82, 2.24) is 19.7 Å². The van der Waals surface area contributed by atoms with E-state index in [2.05, 4.69) is 20.3 Å². The van der Waals surface area contributed by atoms with Crippen LogP contribution in [-0.2, 0) is 34.1 Å². The topological polar surface area (TPSA) is 136 Å². The van der Waals surface area contributed by atoms with Gasteiger partial charge in [-0.1, -0.05) is 47.7 Å². The largest absolute Gasteiger partial charge is 0.455 e. The number of anilines is 2. The van der Waals surface area contributed by atoms with Crippen molar-refractivity contribution in [1.29, 1.82) is 0 Å². The number of fused-ring (bicyclic) bond motifs is 2. The standard InChI is InChI=1S/C38H36N6O5S2/c1-38(2,3)49-36(46)34-28(26-20-39-44(22-26)21-24-12-14-27(15-13-24)51(4,47)48)16-17-33(41-34)43-19-18-25-8-7-9-29(30(25)23-43)35(45)42-37-40-31-10-5-6-11-32(31)50-37/h5-17,20,22H,18-19,21,23H2,1-4H3,(H,40,42,45). The number of carbonyl (C=O) groups excluding carboxylic acids is 2. The van der Waals surface area contributed by atoms with Gasteiger partial charge < -0.3 is 9.64 Å². The average molecular weight is 721 g/mol. The number of sulfone groups is 1. The monoisotopic (exact) mass is 720 g/mol. The van der Waals surface area contributed by atoms with Crippen LogP contribution in [0, 0.1) is 0 Å². The van der Waals surface area contributed by atoms with E-state index < -0.39 is 21.4 Å². The van der Waals surface area contributed by atoms with Crippen LogP contribution in [0.5, 0.6) is 0 Å². The number of nitrogens with one attached hydrogen (secondary N) is 1. The van der Waals surface area contributed by atoms with Gasteiger partial charge in [0.1, 0.15) is 11.4 Å². The van der Waals surface area contributed by atoms with E-state index >= 15 is 0 Å². The van der Waals surface area contributed by atoms with Gasteiger partial charge in [0.15, 0.2) is 20.7 Å². The van der Waals surface area contributed by atoms with Crippen LogP contribution < -0.4 is 10.2 Å². The summed E-state index contributed by atoms with van der Waals surface area (Å²) in [5, 5.41) is 8.04. The van der Waals surface area contributed by atoms with Crippen LogP contribution in [0.1, 0.15) is 58.3 Å². The molecule has 1 aliphatic heterocycles. The number of aromatic nitrogens is 4. The molecule has 0 radical (unpaired) electrons. The summed E-state index contributed by atoms with van der Waals surface area (Å²) in [6.45, 7) is 6.90. The Balaban J connectivity index is 1.16. The summed E-state index contributed by atoms with van der Waals surface area (Å²) in [6.07, 6.45) is 5.36. The Bertz CT molecular complexity index is 2360. The number of ether oxygens (including phenoxy) is 1. The fourth-order valence-electron chi connectivity index (χ4n) is 6.04. The number of nitrogens with zero attached hydrogens (tertiary/aromatic N) is 5. The maximum absolute atomic E-state index is 13.6. The van der Waals surface area contributed by atoms with Crippen molar-refractivity contribution in [3.05, 3.63) is 119 Å². The number of hydrogen-bond acceptors (Lipinski definition) is 10. The lowest BCUT2D eigenvalue weighted by atomic mass is 9.94. The van der Waals surface area contributed by atoms with Crippen molar-refractivity contribution in [2.75, 3.05) is 23.0 Å². The number of benzene rings is 3. The Morgan fingerprint density at radius 3 is 2.49 bits per heavy atom. The molecule has 4 heterocycles. The molecular weight excluding hydrogens is 685 g/mol. The molecule has 51 heavy (non-hydrogen) atoms. The van der Waals surface area contributed by atoms with E-state index in [0.717, 1.165) is 26.9 Å². The first kappa shape index (κ1) is 34.1. The molecule has 0 atom stereocenters. The van der Waals surface area contributed by atoms with Gasteiger partial charge in [-0.3, -0.25) is 14.8 Å². The molecule has 0 saturated heterocycles. The van der Waals surface area contributed by atoms with Gasteiger partial charge in [-0.25, -0.2) is 23.2 Å². The van der Waals surface area contributed by atoms with E-state index in [-0.39, 0.29) is 16.5 Å². The van der Waals surface area contributed by atoms with Crippen LogP contribution in [0.15, 0.2) is 96.2 Å². The number of esters is 1. The first-order chi connectivity index (χ1) is 24.3. The van der Waals surface area contributed by atoms with Gasteiger partial charge in [0, 0.05) is 42.2 Å². The molecule has 1 aliphatic rings. The Hall–Kier alpha value is -5.40. The van der Waals surface area contributed by atoms with Gasteiger partial charge in [0.2, 0.25) is 0 Å². The zero-order valence-electron chi connectivity index (χ0n) is 28.6. The highest BCUT2D eigenvalue weighted by Crippen LogP contribution is 2.32. The minimum atomic E-state index is -3.30. The summed E-state index contributed by atoms with van der Waals surface area (Å²) < 4.78 is 32.2. The lowest BCUT2D eigenvalue weighted by Gasteiger charge is -2.31. The number of rotatable bonds is 8. The van der Waals surface area contributed by atoms with E-state index in [0.29, 0.717) is 53.7 Å². The van der Waals surface area contributed by atoms with Crippen LogP contribution in [0.4, 0.5) is 10.9 Å². The molecule has 3 aromatic heterocycles. The Labute approximate surface area is 299 Å². The molecule has 7 rings (SSSR count). The van der Waals surface area contributed by atoms with Crippen LogP contribution in [0.3, 0.4) is 0 Å². The highest BCUT2D eigenvalue weighted by molar-refractivity contribution is 7.90. The molecule has 0 fully saturated rings. The van der Waals surface area contributed by atoms with Gasteiger partial charge in [0.05, 0.1) is 27.9 Å². The second-order valence-corrected chi connectivity index (χ2v) is 16.5. The fourth-order valence-corrected chi connectivity index (χ4v) is 7.53. The number of hydrogen-bond donors (Lipinski definition) is 1. The van der Waals surface area contributed by atoms with Gasteiger partial charge in [-0.2, -0.15) is 5.10 Å². The number of pyridine rings is 1. The molecule has 0 spiro atoms. The third-order valence-electron chi connectivity index (χ3n) is 8.47. The molecule has 6 aromatic rings. The van der Waals surface area contributed by atoms with Crippen molar-refractivity contribution < 1.29 is 22.7 Å². The maximum Gasteiger partial charge on any atom is 0.358 e. The van der Waals surface area contributed by atoms with Gasteiger partial charge >= 0.3 is 5.97 Å². The molecule has 13 heteroatoms. The lowest BCUT2D eigenvalue weighted by molar-refractivity contribution is 0.00637. The predicted molar refractivity (Wildman–Crippen MR) is 198 cm³/mol. The average Bonchev–Trinajstić information content (AvgIpc) is 3.73. The van der Waals surface area contributed by atoms with Gasteiger partial charge in [-0.15, -0.1) is 0 Å². The van der Waals surface area contributed by atoms with Crippen molar-refractivity contribution >= 4 is 54.2 Å². The maximum atomic E-state index is 13.6. The molecule has 0 saturated carbocycles. The molecule has 1 amide bonds. The van der Waals surface area contributed by atoms with E-state index in [1.54, 1.807) is 35.1 Å². The van der Waals surface area contributed by atoms with Crippen molar-refractivity contribution in [2.45, 2.75) is 50.8 Å². The Morgan fingerprint density at radius 2 is 1.75 bits per heavy atom. The molecule has 3 aromatic carbocycles. The predicted octanol–water partition coefficient (Wildman–Crippen LogP) is 6.78. The number of amides is 1. The minimum Gasteiger partial charge on any atom is -0.455 e. The van der Waals surface area contributed by atoms with Crippen LogP contribution in [0.25, 0.3) is 21.3 Å². The molecule has 11 nitrogen and oxygen atoms in total. The summed E-state index contributed by atoms with van der Waals surface area (Å²) in [6, 6.07) is 23.9. The van der Waals surface area contributed by atoms with Gasteiger partial charge in [0.25, 0.3) is 5.91 Å². The Morgan fingerprint density at radius 1 is 0.961 bits per heavy atom. The number of para-hydroxylation sites is 1. The first-order valence-corrected chi connectivity index (χ1v) is 19.1. The highest BCUT2D eigenvalue weighted by atomic mass is 32.2. The first-order valence-electron chi connectivity index (χ1n) is 16.4. The molecule has 0 bridgehead atoms. The second-order valence-electron chi connectivity index (χ2n) is 13.5. The molecule has 1 N–H and O–H groups in total. The van der Waals surface area contributed by atoms with Crippen LogP contribution in [-0.4, -0.2) is 58.4 Å². The summed E-state index contributed by atoms with van der Waals surface area (Å²) in [7, 11) is -3.30. The van der Waals surface area contributed by atoms with Crippen LogP contribution >= 0.6 is 11.3 Å². The molecule has 0 unspecified atom stereocenters. The van der Waals surface area contributed by atoms with E-state index in [4.69, 9.17) is 9.72 Å². The quantitative estimate of drug-likeness (QED) is 0.169. The summed E-state index contributed by atoms with van der Waals surface area (Å²) in [5.74, 6) is -0.198. The van der Waals surface area contributed by atoms with Crippen molar-refractivity contribution in [3.8, 4) is 11.1 Å². The van der Waals surface area contributed by atoms with Gasteiger partial charge in [-0.05, 0) is 86.3 Å². The summed E-state index contributed by atoms with van der Waals surface area (Å²) >= 11 is 1.43. The third-order valence-corrected chi connectivity index (χ3v) is 10.5. The molecule has 260 valence electrons. The normalized spacial score (nSPS) is 13.2. The zero-order valence-corrected chi connectivity index (χ0v) is 30.2. The molecular formula is C38H36N6O5S2. The minimum absolute atomic E-state index is 0.159. The lowest BCUT2D eigenvalue weighted by Crippen LogP contribution is -2.33.